The van der Waals surface area contributed by atoms with Crippen LogP contribution in [0.2, 0.25) is 4.47 Å². The number of nitrogens with one attached hydrogen (secondary N) is 1. The number of hydrogen-bond donors (Lipinski definition) is 1. The summed E-state index contributed by atoms with van der Waals surface area (Å²) in [6.07, 6.45) is 5.20. The second-order valence-corrected chi connectivity index (χ2v) is 7.55. The van der Waals surface area contributed by atoms with Gasteiger partial charge in [-0.05, 0) is 50.5 Å². The summed E-state index contributed by atoms with van der Waals surface area (Å²) in [6, 6.07) is 8.02. The van der Waals surface area contributed by atoms with Gasteiger partial charge in [0.1, 0.15) is 0 Å². The molecule has 3 rings (SSSR count). The predicted octanol–water partition coefficient (Wildman–Crippen LogP) is 4.42. The number of rotatable bonds is 4. The molecule has 1 atom stereocenters. The SMILES string of the molecule is CC1CCCCN1C(=O)c1ccc(NCc2cnc(Cl)s2)cc1. The van der Waals surface area contributed by atoms with Crippen LogP contribution >= 0.6 is 22.9 Å². The van der Waals surface area contributed by atoms with Crippen LogP contribution in [0.3, 0.4) is 0 Å². The van der Waals surface area contributed by atoms with Crippen LogP contribution in [-0.4, -0.2) is 28.4 Å². The summed E-state index contributed by atoms with van der Waals surface area (Å²) in [5.41, 5.74) is 1.74. The van der Waals surface area contributed by atoms with E-state index in [9.17, 15) is 4.79 Å². The fourth-order valence-corrected chi connectivity index (χ4v) is 3.77. The lowest BCUT2D eigenvalue weighted by Crippen LogP contribution is -2.41. The molecule has 2 heterocycles. The van der Waals surface area contributed by atoms with Crippen LogP contribution in [0.25, 0.3) is 0 Å². The van der Waals surface area contributed by atoms with Gasteiger partial charge in [-0.2, -0.15) is 0 Å². The van der Waals surface area contributed by atoms with Gasteiger partial charge in [0.05, 0.1) is 6.54 Å². The lowest BCUT2D eigenvalue weighted by atomic mass is 10.0. The van der Waals surface area contributed by atoms with Crippen LogP contribution in [0.1, 0.15) is 41.4 Å². The van der Waals surface area contributed by atoms with Crippen molar-refractivity contribution in [1.29, 1.82) is 0 Å². The maximum atomic E-state index is 12.6. The maximum Gasteiger partial charge on any atom is 0.254 e. The van der Waals surface area contributed by atoms with Gasteiger partial charge in [0.2, 0.25) is 0 Å². The number of carbonyl (C=O) groups is 1. The van der Waals surface area contributed by atoms with Crippen LogP contribution < -0.4 is 5.32 Å². The molecule has 4 nitrogen and oxygen atoms in total. The number of halogens is 1. The van der Waals surface area contributed by atoms with E-state index < -0.39 is 0 Å². The van der Waals surface area contributed by atoms with Gasteiger partial charge < -0.3 is 10.2 Å². The Balaban J connectivity index is 1.61. The third-order valence-electron chi connectivity index (χ3n) is 4.19. The Labute approximate surface area is 145 Å². The number of piperidine rings is 1. The van der Waals surface area contributed by atoms with Gasteiger partial charge in [-0.25, -0.2) is 4.98 Å². The highest BCUT2D eigenvalue weighted by atomic mass is 35.5. The second kappa shape index (κ2) is 7.32. The molecule has 1 amide bonds. The van der Waals surface area contributed by atoms with E-state index in [4.69, 9.17) is 11.6 Å². The fourth-order valence-electron chi connectivity index (χ4n) is 2.85. The third kappa shape index (κ3) is 4.03. The Morgan fingerprint density at radius 1 is 1.39 bits per heavy atom. The molecule has 0 spiro atoms. The number of hydrogen-bond acceptors (Lipinski definition) is 4. The first-order chi connectivity index (χ1) is 11.1. The Hall–Kier alpha value is -1.59. The molecular formula is C17H20ClN3OS. The van der Waals surface area contributed by atoms with Gasteiger partial charge >= 0.3 is 0 Å². The molecule has 1 N–H and O–H groups in total. The summed E-state index contributed by atoms with van der Waals surface area (Å²) in [5.74, 6) is 0.137. The quantitative estimate of drug-likeness (QED) is 0.888. The predicted molar refractivity (Wildman–Crippen MR) is 95.2 cm³/mol. The van der Waals surface area contributed by atoms with E-state index >= 15 is 0 Å². The van der Waals surface area contributed by atoms with Crippen molar-refractivity contribution in [2.45, 2.75) is 38.8 Å². The standard InChI is InChI=1S/C17H20ClN3OS/c1-12-4-2-3-9-21(12)16(22)13-5-7-14(8-6-13)19-10-15-11-20-17(18)23-15/h5-8,11-12,19H,2-4,9-10H2,1H3. The van der Waals surface area contributed by atoms with Crippen molar-refractivity contribution in [1.82, 2.24) is 9.88 Å². The number of anilines is 1. The zero-order valence-electron chi connectivity index (χ0n) is 13.1. The molecule has 1 saturated heterocycles. The van der Waals surface area contributed by atoms with Gasteiger partial charge in [-0.1, -0.05) is 11.6 Å². The van der Waals surface area contributed by atoms with Crippen LogP contribution in [-0.2, 0) is 6.54 Å². The van der Waals surface area contributed by atoms with Crippen molar-refractivity contribution in [3.63, 3.8) is 0 Å². The molecular weight excluding hydrogens is 330 g/mol. The van der Waals surface area contributed by atoms with Crippen molar-refractivity contribution < 1.29 is 4.79 Å². The second-order valence-electron chi connectivity index (χ2n) is 5.85. The molecule has 23 heavy (non-hydrogen) atoms. The largest absolute Gasteiger partial charge is 0.380 e. The first-order valence-corrected chi connectivity index (χ1v) is 9.08. The van der Waals surface area contributed by atoms with E-state index in [0.29, 0.717) is 17.1 Å². The topological polar surface area (TPSA) is 45.2 Å². The molecule has 1 aliphatic rings. The number of benzene rings is 1. The van der Waals surface area contributed by atoms with Crippen molar-refractivity contribution in [2.24, 2.45) is 0 Å². The minimum Gasteiger partial charge on any atom is -0.380 e. The number of amides is 1. The van der Waals surface area contributed by atoms with Crippen molar-refractivity contribution in [3.8, 4) is 0 Å². The van der Waals surface area contributed by atoms with Gasteiger partial charge in [0, 0.05) is 34.9 Å². The molecule has 1 aromatic carbocycles. The zero-order valence-corrected chi connectivity index (χ0v) is 14.7. The molecule has 122 valence electrons. The van der Waals surface area contributed by atoms with Crippen molar-refractivity contribution in [3.05, 3.63) is 45.4 Å². The number of likely N-dealkylation sites (tertiary alicyclic amines) is 1. The minimum absolute atomic E-state index is 0.137. The first kappa shape index (κ1) is 16.3. The molecule has 1 aromatic heterocycles. The lowest BCUT2D eigenvalue weighted by molar-refractivity contribution is 0.0635. The molecule has 1 unspecified atom stereocenters. The van der Waals surface area contributed by atoms with E-state index in [2.05, 4.69) is 17.2 Å². The van der Waals surface area contributed by atoms with Crippen LogP contribution in [0.4, 0.5) is 5.69 Å². The normalized spacial score (nSPS) is 18.0. The Morgan fingerprint density at radius 3 is 2.83 bits per heavy atom. The van der Waals surface area contributed by atoms with Crippen LogP contribution in [0.15, 0.2) is 30.5 Å². The smallest absolute Gasteiger partial charge is 0.254 e. The van der Waals surface area contributed by atoms with Gasteiger partial charge in [0.15, 0.2) is 4.47 Å². The molecule has 2 aromatic rings. The Bertz CT molecular complexity index is 671. The minimum atomic E-state index is 0.137. The molecule has 0 saturated carbocycles. The van der Waals surface area contributed by atoms with Crippen molar-refractivity contribution >= 4 is 34.5 Å². The zero-order chi connectivity index (χ0) is 16.2. The highest BCUT2D eigenvalue weighted by molar-refractivity contribution is 7.15. The monoisotopic (exact) mass is 349 g/mol. The Morgan fingerprint density at radius 2 is 2.17 bits per heavy atom. The van der Waals surface area contributed by atoms with Gasteiger partial charge in [0.25, 0.3) is 5.91 Å². The molecule has 0 aliphatic carbocycles. The maximum absolute atomic E-state index is 12.6. The van der Waals surface area contributed by atoms with E-state index in [1.165, 1.54) is 17.8 Å². The summed E-state index contributed by atoms with van der Waals surface area (Å²) in [7, 11) is 0. The van der Waals surface area contributed by atoms with Crippen molar-refractivity contribution in [2.75, 3.05) is 11.9 Å². The summed E-state index contributed by atoms with van der Waals surface area (Å²) >= 11 is 7.29. The highest BCUT2D eigenvalue weighted by Crippen LogP contribution is 2.21. The van der Waals surface area contributed by atoms with Crippen LogP contribution in [0.5, 0.6) is 0 Å². The third-order valence-corrected chi connectivity index (χ3v) is 5.30. The first-order valence-electron chi connectivity index (χ1n) is 7.88. The van der Waals surface area contributed by atoms with E-state index in [1.807, 2.05) is 29.2 Å². The molecule has 1 fully saturated rings. The van der Waals surface area contributed by atoms with Crippen LogP contribution in [0, 0.1) is 0 Å². The number of thiazole rings is 1. The summed E-state index contributed by atoms with van der Waals surface area (Å²) in [5, 5.41) is 3.32. The number of aromatic nitrogens is 1. The molecule has 0 radical (unpaired) electrons. The molecule has 1 aliphatic heterocycles. The lowest BCUT2D eigenvalue weighted by Gasteiger charge is -2.33. The van der Waals surface area contributed by atoms with Gasteiger partial charge in [-0.15, -0.1) is 11.3 Å². The summed E-state index contributed by atoms with van der Waals surface area (Å²) in [6.45, 7) is 3.68. The Kier molecular flexibility index (Phi) is 5.18. The molecule has 0 bridgehead atoms. The highest BCUT2D eigenvalue weighted by Gasteiger charge is 2.23. The number of nitrogens with zero attached hydrogens (tertiary/aromatic N) is 2. The van der Waals surface area contributed by atoms with E-state index in [1.54, 1.807) is 6.20 Å². The van der Waals surface area contributed by atoms with E-state index in [-0.39, 0.29) is 5.91 Å². The summed E-state index contributed by atoms with van der Waals surface area (Å²) < 4.78 is 0.554. The average Bonchev–Trinajstić information content (AvgIpc) is 2.99. The molecule has 6 heteroatoms. The van der Waals surface area contributed by atoms with Gasteiger partial charge in [-0.3, -0.25) is 4.79 Å². The summed E-state index contributed by atoms with van der Waals surface area (Å²) in [4.78, 5) is 19.7. The average molecular weight is 350 g/mol. The fraction of sp³-hybridized carbons (Fsp3) is 0.412. The number of carbonyl (C=O) groups excluding carboxylic acids is 1. The van der Waals surface area contributed by atoms with E-state index in [0.717, 1.165) is 35.5 Å².